The molecule has 0 aliphatic heterocycles. The third-order valence-corrected chi connectivity index (χ3v) is 4.37. The van der Waals surface area contributed by atoms with Gasteiger partial charge in [0.05, 0.1) is 19.0 Å². The van der Waals surface area contributed by atoms with Crippen molar-refractivity contribution in [3.05, 3.63) is 0 Å². The first kappa shape index (κ1) is 15.2. The Morgan fingerprint density at radius 3 is 2.53 bits per heavy atom. The molecular weight excluding hydrogens is 238 g/mol. The Hall–Kier alpha value is 0.180. The maximum Gasteiger partial charge on any atom is 0.148 e. The molecule has 0 saturated heterocycles. The van der Waals surface area contributed by atoms with Crippen molar-refractivity contribution >= 4 is 21.6 Å². The fourth-order valence-electron chi connectivity index (χ4n) is 0.962. The van der Waals surface area contributed by atoms with Crippen LogP contribution >= 0.6 is 11.8 Å². The van der Waals surface area contributed by atoms with Crippen LogP contribution in [-0.4, -0.2) is 62.9 Å². The fraction of sp³-hybridized carbons (Fsp3) is 1.00. The first-order valence-electron chi connectivity index (χ1n) is 4.55. The number of hydrogen-bond donors (Lipinski definition) is 2. The van der Waals surface area contributed by atoms with Gasteiger partial charge in [-0.3, -0.25) is 0 Å². The highest BCUT2D eigenvalue weighted by molar-refractivity contribution is 8.01. The predicted octanol–water partition coefficient (Wildman–Crippen LogP) is -0.901. The summed E-state index contributed by atoms with van der Waals surface area (Å²) in [5.41, 5.74) is 5.73. The lowest BCUT2D eigenvalue weighted by atomic mass is 10.2. The Morgan fingerprint density at radius 1 is 1.53 bits per heavy atom. The van der Waals surface area contributed by atoms with E-state index in [1.807, 2.05) is 0 Å². The average molecular weight is 257 g/mol. The molecule has 0 aromatic carbocycles. The van der Waals surface area contributed by atoms with Gasteiger partial charge >= 0.3 is 0 Å². The molecule has 0 aromatic heterocycles. The molecule has 3 N–H and O–H groups in total. The summed E-state index contributed by atoms with van der Waals surface area (Å²) in [4.78, 5) is 0. The van der Waals surface area contributed by atoms with Crippen molar-refractivity contribution in [2.24, 2.45) is 5.73 Å². The van der Waals surface area contributed by atoms with Crippen molar-refractivity contribution in [3.8, 4) is 0 Å². The van der Waals surface area contributed by atoms with Gasteiger partial charge in [-0.1, -0.05) is 0 Å². The topological polar surface area (TPSA) is 89.6 Å². The van der Waals surface area contributed by atoms with Crippen LogP contribution in [0.2, 0.25) is 0 Å². The lowest BCUT2D eigenvalue weighted by Crippen LogP contribution is -2.39. The zero-order valence-corrected chi connectivity index (χ0v) is 10.7. The Balaban J connectivity index is 3.90. The SMILES string of the molecule is COCC(N)C(CO)SCCS(C)(=O)=O. The number of methoxy groups -OCH3 is 1. The molecule has 0 aliphatic rings. The maximum atomic E-state index is 10.9. The zero-order valence-electron chi connectivity index (χ0n) is 9.05. The van der Waals surface area contributed by atoms with Crippen molar-refractivity contribution in [2.45, 2.75) is 11.3 Å². The van der Waals surface area contributed by atoms with Gasteiger partial charge in [-0.2, -0.15) is 11.8 Å². The van der Waals surface area contributed by atoms with Gasteiger partial charge < -0.3 is 15.6 Å². The molecule has 15 heavy (non-hydrogen) atoms. The summed E-state index contributed by atoms with van der Waals surface area (Å²) in [6.07, 6.45) is 1.19. The quantitative estimate of drug-likeness (QED) is 0.586. The Morgan fingerprint density at radius 2 is 2.13 bits per heavy atom. The van der Waals surface area contributed by atoms with Crippen LogP contribution in [0.25, 0.3) is 0 Å². The molecule has 0 aliphatic carbocycles. The van der Waals surface area contributed by atoms with Gasteiger partial charge in [0.25, 0.3) is 0 Å². The first-order valence-corrected chi connectivity index (χ1v) is 7.66. The van der Waals surface area contributed by atoms with Gasteiger partial charge in [0.1, 0.15) is 9.84 Å². The standard InChI is InChI=1S/C8H19NO4S2/c1-13-6-7(9)8(5-10)14-3-4-15(2,11)12/h7-8,10H,3-6,9H2,1-2H3. The molecule has 0 fully saturated rings. The summed E-state index contributed by atoms with van der Waals surface area (Å²) < 4.78 is 26.6. The van der Waals surface area contributed by atoms with E-state index in [9.17, 15) is 8.42 Å². The van der Waals surface area contributed by atoms with E-state index in [-0.39, 0.29) is 23.7 Å². The second kappa shape index (κ2) is 7.45. The molecule has 0 amide bonds. The normalized spacial score (nSPS) is 16.3. The van der Waals surface area contributed by atoms with E-state index in [1.165, 1.54) is 25.1 Å². The molecule has 0 rings (SSSR count). The summed E-state index contributed by atoms with van der Waals surface area (Å²) in [7, 11) is -1.40. The van der Waals surface area contributed by atoms with Crippen LogP contribution in [0.15, 0.2) is 0 Å². The molecule has 92 valence electrons. The highest BCUT2D eigenvalue weighted by Gasteiger charge is 2.17. The minimum atomic E-state index is -2.94. The number of thioether (sulfide) groups is 1. The molecule has 0 spiro atoms. The summed E-state index contributed by atoms with van der Waals surface area (Å²) in [5.74, 6) is 0.551. The molecule has 0 bridgehead atoms. The molecule has 5 nitrogen and oxygen atoms in total. The molecule has 7 heteroatoms. The molecule has 0 radical (unpaired) electrons. The second-order valence-electron chi connectivity index (χ2n) is 3.34. The Kier molecular flexibility index (Phi) is 7.54. The van der Waals surface area contributed by atoms with Crippen molar-refractivity contribution in [1.29, 1.82) is 0 Å². The monoisotopic (exact) mass is 257 g/mol. The number of aliphatic hydroxyl groups excluding tert-OH is 1. The summed E-state index contributed by atoms with van der Waals surface area (Å²) in [6, 6.07) is -0.274. The number of aliphatic hydroxyl groups is 1. The van der Waals surface area contributed by atoms with Gasteiger partial charge in [-0.15, -0.1) is 0 Å². The van der Waals surface area contributed by atoms with Gasteiger partial charge in [0.2, 0.25) is 0 Å². The van der Waals surface area contributed by atoms with Crippen molar-refractivity contribution in [3.63, 3.8) is 0 Å². The van der Waals surface area contributed by atoms with Gasteiger partial charge in [0.15, 0.2) is 0 Å². The third-order valence-electron chi connectivity index (χ3n) is 1.80. The molecule has 0 saturated carbocycles. The summed E-state index contributed by atoms with van der Waals surface area (Å²) in [6.45, 7) is 0.288. The Labute approximate surface area is 95.3 Å². The number of nitrogens with two attached hydrogens (primary N) is 1. The molecule has 0 heterocycles. The molecule has 2 unspecified atom stereocenters. The Bertz CT molecular complexity index is 255. The number of hydrogen-bond acceptors (Lipinski definition) is 6. The predicted molar refractivity (Wildman–Crippen MR) is 62.9 cm³/mol. The van der Waals surface area contributed by atoms with E-state index in [4.69, 9.17) is 15.6 Å². The lowest BCUT2D eigenvalue weighted by Gasteiger charge is -2.20. The van der Waals surface area contributed by atoms with E-state index in [0.717, 1.165) is 0 Å². The van der Waals surface area contributed by atoms with Crippen LogP contribution in [0.5, 0.6) is 0 Å². The fourth-order valence-corrected chi connectivity index (χ4v) is 3.29. The summed E-state index contributed by atoms with van der Waals surface area (Å²) >= 11 is 1.36. The van der Waals surface area contributed by atoms with Crippen LogP contribution < -0.4 is 5.73 Å². The van der Waals surface area contributed by atoms with Gasteiger partial charge in [0, 0.05) is 30.4 Å². The number of sulfone groups is 1. The minimum Gasteiger partial charge on any atom is -0.395 e. The maximum absolute atomic E-state index is 10.9. The number of ether oxygens (including phenoxy) is 1. The van der Waals surface area contributed by atoms with E-state index in [2.05, 4.69) is 0 Å². The van der Waals surface area contributed by atoms with Crippen LogP contribution in [0.3, 0.4) is 0 Å². The zero-order chi connectivity index (χ0) is 11.9. The van der Waals surface area contributed by atoms with Crippen LogP contribution in [-0.2, 0) is 14.6 Å². The minimum absolute atomic E-state index is 0.0705. The average Bonchev–Trinajstić information content (AvgIpc) is 2.11. The van der Waals surface area contributed by atoms with Crippen molar-refractivity contribution < 1.29 is 18.3 Å². The van der Waals surface area contributed by atoms with Gasteiger partial charge in [-0.25, -0.2) is 8.42 Å². The number of rotatable bonds is 8. The van der Waals surface area contributed by atoms with E-state index in [0.29, 0.717) is 12.4 Å². The van der Waals surface area contributed by atoms with Crippen LogP contribution in [0.1, 0.15) is 0 Å². The highest BCUT2D eigenvalue weighted by Crippen LogP contribution is 2.14. The smallest absolute Gasteiger partial charge is 0.148 e. The lowest BCUT2D eigenvalue weighted by molar-refractivity contribution is 0.167. The molecule has 0 aromatic rings. The van der Waals surface area contributed by atoms with E-state index in [1.54, 1.807) is 0 Å². The molecular formula is C8H19NO4S2. The first-order chi connectivity index (χ1) is 6.90. The van der Waals surface area contributed by atoms with E-state index >= 15 is 0 Å². The van der Waals surface area contributed by atoms with E-state index < -0.39 is 9.84 Å². The van der Waals surface area contributed by atoms with Gasteiger partial charge in [-0.05, 0) is 0 Å². The third kappa shape index (κ3) is 8.04. The molecule has 2 atom stereocenters. The highest BCUT2D eigenvalue weighted by atomic mass is 32.2. The second-order valence-corrected chi connectivity index (χ2v) is 6.95. The summed E-state index contributed by atoms with van der Waals surface area (Å²) in [5, 5.41) is 8.87. The van der Waals surface area contributed by atoms with Crippen LogP contribution in [0.4, 0.5) is 0 Å². The van der Waals surface area contributed by atoms with Crippen molar-refractivity contribution in [1.82, 2.24) is 0 Å². The largest absolute Gasteiger partial charge is 0.395 e. The van der Waals surface area contributed by atoms with Crippen LogP contribution in [0, 0.1) is 0 Å². The van der Waals surface area contributed by atoms with Crippen molar-refractivity contribution in [2.75, 3.05) is 38.1 Å².